The second-order valence-electron chi connectivity index (χ2n) is 6.15. The van der Waals surface area contributed by atoms with Crippen molar-refractivity contribution in [1.29, 1.82) is 0 Å². The summed E-state index contributed by atoms with van der Waals surface area (Å²) >= 11 is 0. The lowest BCUT2D eigenvalue weighted by atomic mass is 9.78. The van der Waals surface area contributed by atoms with Gasteiger partial charge in [0, 0.05) is 17.7 Å². The van der Waals surface area contributed by atoms with Crippen molar-refractivity contribution in [3.63, 3.8) is 0 Å². The molecule has 1 saturated carbocycles. The fourth-order valence-corrected chi connectivity index (χ4v) is 4.73. The maximum Gasteiger partial charge on any atom is 0.273 e. The van der Waals surface area contributed by atoms with Gasteiger partial charge in [0.05, 0.1) is 9.82 Å². The summed E-state index contributed by atoms with van der Waals surface area (Å²) in [6, 6.07) is 4.03. The predicted octanol–water partition coefficient (Wildman–Crippen LogP) is 3.01. The summed E-state index contributed by atoms with van der Waals surface area (Å²) in [4.78, 5) is 10.4. The Morgan fingerprint density at radius 1 is 1.27 bits per heavy atom. The van der Waals surface area contributed by atoms with Crippen LogP contribution < -0.4 is 4.72 Å². The minimum absolute atomic E-state index is 0.00729. The molecule has 1 aliphatic rings. The number of benzene rings is 1. The summed E-state index contributed by atoms with van der Waals surface area (Å²) in [5.41, 5.74) is 0.00412. The van der Waals surface area contributed by atoms with Crippen molar-refractivity contribution in [3.8, 4) is 0 Å². The first kappa shape index (κ1) is 16.9. The molecule has 6 nitrogen and oxygen atoms in total. The normalized spacial score (nSPS) is 25.9. The second kappa shape index (κ2) is 6.34. The van der Waals surface area contributed by atoms with Gasteiger partial charge in [0.15, 0.2) is 0 Å². The fourth-order valence-electron chi connectivity index (χ4n) is 3.10. The Labute approximate surface area is 131 Å². The van der Waals surface area contributed by atoms with Gasteiger partial charge in [0.2, 0.25) is 10.0 Å². The van der Waals surface area contributed by atoms with E-state index in [2.05, 4.69) is 18.6 Å². The number of hydrogen-bond acceptors (Lipinski definition) is 4. The van der Waals surface area contributed by atoms with Gasteiger partial charge < -0.3 is 0 Å². The molecule has 0 bridgehead atoms. The van der Waals surface area contributed by atoms with Crippen LogP contribution in [0.25, 0.3) is 0 Å². The molecule has 0 saturated heterocycles. The molecule has 3 unspecified atom stereocenters. The second-order valence-corrected chi connectivity index (χ2v) is 7.83. The summed E-state index contributed by atoms with van der Waals surface area (Å²) in [6.45, 7) is 5.65. The van der Waals surface area contributed by atoms with Gasteiger partial charge >= 0.3 is 0 Å². The Bertz CT molecular complexity index is 672. The molecule has 22 heavy (non-hydrogen) atoms. The Morgan fingerprint density at radius 3 is 2.59 bits per heavy atom. The predicted molar refractivity (Wildman–Crippen MR) is 84.1 cm³/mol. The van der Waals surface area contributed by atoms with E-state index in [1.165, 1.54) is 25.1 Å². The molecule has 0 heterocycles. The molecule has 1 N–H and O–H groups in total. The summed E-state index contributed by atoms with van der Waals surface area (Å²) in [6.07, 6.45) is 2.90. The van der Waals surface area contributed by atoms with Gasteiger partial charge in [-0.25, -0.2) is 13.1 Å². The Morgan fingerprint density at radius 2 is 1.95 bits per heavy atom. The molecule has 0 amide bonds. The van der Waals surface area contributed by atoms with Crippen LogP contribution in [0.15, 0.2) is 23.1 Å². The molecule has 3 atom stereocenters. The maximum atomic E-state index is 12.6. The van der Waals surface area contributed by atoms with Crippen LogP contribution in [0.2, 0.25) is 0 Å². The van der Waals surface area contributed by atoms with Gasteiger partial charge in [-0.2, -0.15) is 0 Å². The summed E-state index contributed by atoms with van der Waals surface area (Å²) in [5, 5.41) is 11.0. The quantitative estimate of drug-likeness (QED) is 0.680. The number of sulfonamides is 1. The van der Waals surface area contributed by atoms with E-state index in [0.717, 1.165) is 19.3 Å². The van der Waals surface area contributed by atoms with Gasteiger partial charge in [-0.1, -0.05) is 32.8 Å². The zero-order valence-corrected chi connectivity index (χ0v) is 13.9. The van der Waals surface area contributed by atoms with E-state index in [4.69, 9.17) is 0 Å². The number of nitro groups is 1. The number of nitro benzene ring substituents is 1. The smallest absolute Gasteiger partial charge is 0.258 e. The highest BCUT2D eigenvalue weighted by atomic mass is 32.2. The van der Waals surface area contributed by atoms with Gasteiger partial charge in [-0.15, -0.1) is 0 Å². The Balaban J connectivity index is 2.31. The number of nitrogens with one attached hydrogen (secondary N) is 1. The van der Waals surface area contributed by atoms with E-state index < -0.39 is 14.9 Å². The number of rotatable bonds is 4. The van der Waals surface area contributed by atoms with E-state index in [0.29, 0.717) is 5.92 Å². The van der Waals surface area contributed by atoms with Gasteiger partial charge in [-0.3, -0.25) is 10.1 Å². The van der Waals surface area contributed by atoms with Crippen molar-refractivity contribution < 1.29 is 13.3 Å². The van der Waals surface area contributed by atoms with Crippen molar-refractivity contribution in [2.75, 3.05) is 0 Å². The third kappa shape index (κ3) is 3.30. The molecule has 1 aromatic rings. The third-order valence-electron chi connectivity index (χ3n) is 4.76. The van der Waals surface area contributed by atoms with Crippen molar-refractivity contribution in [2.45, 2.75) is 51.0 Å². The van der Waals surface area contributed by atoms with E-state index in [1.54, 1.807) is 0 Å². The zero-order chi connectivity index (χ0) is 16.5. The molecule has 1 aliphatic carbocycles. The van der Waals surface area contributed by atoms with Crippen molar-refractivity contribution >= 4 is 15.7 Å². The van der Waals surface area contributed by atoms with Crippen LogP contribution in [0.5, 0.6) is 0 Å². The first-order chi connectivity index (χ1) is 10.2. The average molecular weight is 326 g/mol. The fraction of sp³-hybridized carbons (Fsp3) is 0.600. The van der Waals surface area contributed by atoms with Crippen LogP contribution in [0.4, 0.5) is 5.69 Å². The van der Waals surface area contributed by atoms with Crippen LogP contribution in [-0.2, 0) is 10.0 Å². The van der Waals surface area contributed by atoms with Gasteiger partial charge in [0.1, 0.15) is 0 Å². The topological polar surface area (TPSA) is 89.3 Å². The molecular formula is C15H22N2O4S. The molecule has 7 heteroatoms. The monoisotopic (exact) mass is 326 g/mol. The lowest BCUT2D eigenvalue weighted by Crippen LogP contribution is -2.43. The molecule has 2 rings (SSSR count). The number of nitrogens with zero attached hydrogens (tertiary/aromatic N) is 1. The molecule has 0 aromatic heterocycles. The van der Waals surface area contributed by atoms with Crippen LogP contribution in [0.1, 0.15) is 38.7 Å². The van der Waals surface area contributed by atoms with Gasteiger partial charge in [0.25, 0.3) is 5.69 Å². The molecule has 1 fully saturated rings. The van der Waals surface area contributed by atoms with E-state index in [1.807, 2.05) is 0 Å². The average Bonchev–Trinajstić information content (AvgIpc) is 2.43. The van der Waals surface area contributed by atoms with Crippen LogP contribution in [0.3, 0.4) is 0 Å². The molecule has 122 valence electrons. The molecule has 0 spiro atoms. The Kier molecular flexibility index (Phi) is 4.87. The highest BCUT2D eigenvalue weighted by Crippen LogP contribution is 2.31. The highest BCUT2D eigenvalue weighted by Gasteiger charge is 2.32. The molecule has 1 aromatic carbocycles. The van der Waals surface area contributed by atoms with Crippen LogP contribution in [0, 0.1) is 28.9 Å². The largest absolute Gasteiger partial charge is 0.273 e. The molecule has 0 aliphatic heterocycles. The number of hydrogen-bond donors (Lipinski definition) is 1. The van der Waals surface area contributed by atoms with E-state index in [-0.39, 0.29) is 28.1 Å². The zero-order valence-electron chi connectivity index (χ0n) is 13.1. The van der Waals surface area contributed by atoms with Crippen LogP contribution >= 0.6 is 0 Å². The van der Waals surface area contributed by atoms with Gasteiger partial charge in [-0.05, 0) is 31.2 Å². The SMILES string of the molecule is Cc1c([N+](=O)[O-])cccc1S(=O)(=O)NC1CCCC(C)C1C. The van der Waals surface area contributed by atoms with Crippen molar-refractivity contribution in [3.05, 3.63) is 33.9 Å². The lowest BCUT2D eigenvalue weighted by molar-refractivity contribution is -0.385. The first-order valence-corrected chi connectivity index (χ1v) is 8.98. The van der Waals surface area contributed by atoms with E-state index in [9.17, 15) is 18.5 Å². The van der Waals surface area contributed by atoms with Crippen LogP contribution in [-0.4, -0.2) is 19.4 Å². The Hall–Kier alpha value is -1.47. The lowest BCUT2D eigenvalue weighted by Gasteiger charge is -2.34. The summed E-state index contributed by atoms with van der Waals surface area (Å²) < 4.78 is 28.0. The molecule has 0 radical (unpaired) electrons. The van der Waals surface area contributed by atoms with Crippen molar-refractivity contribution in [2.24, 2.45) is 11.8 Å². The first-order valence-electron chi connectivity index (χ1n) is 7.50. The molecular weight excluding hydrogens is 304 g/mol. The van der Waals surface area contributed by atoms with E-state index >= 15 is 0 Å². The van der Waals surface area contributed by atoms with Crippen molar-refractivity contribution in [1.82, 2.24) is 4.72 Å². The highest BCUT2D eigenvalue weighted by molar-refractivity contribution is 7.89. The maximum absolute atomic E-state index is 12.6. The summed E-state index contributed by atoms with van der Waals surface area (Å²) in [7, 11) is -3.76. The summed E-state index contributed by atoms with van der Waals surface area (Å²) in [5.74, 6) is 0.718. The standard InChI is InChI=1S/C15H22N2O4S/c1-10-6-4-7-13(11(10)2)16-22(20,21)15-9-5-8-14(12(15)3)17(18)19/h5,8-11,13,16H,4,6-7H2,1-3H3. The minimum atomic E-state index is -3.76. The minimum Gasteiger partial charge on any atom is -0.258 e. The third-order valence-corrected chi connectivity index (χ3v) is 6.39.